The molecule has 1 N–H and O–H groups in total. The Morgan fingerprint density at radius 2 is 1.95 bits per heavy atom. The minimum Gasteiger partial charge on any atom is -0.379 e. The van der Waals surface area contributed by atoms with Crippen molar-refractivity contribution < 1.29 is 0 Å². The number of hydrogen-bond acceptors (Lipinski definition) is 3. The highest BCUT2D eigenvalue weighted by Gasteiger charge is 2.31. The Hall–Kier alpha value is -1.74. The zero-order valence-corrected chi connectivity index (χ0v) is 13.1. The molecule has 4 heteroatoms. The van der Waals surface area contributed by atoms with E-state index in [4.69, 9.17) is 11.6 Å². The van der Waals surface area contributed by atoms with Crippen LogP contribution in [0.1, 0.15) is 24.3 Å². The van der Waals surface area contributed by atoms with E-state index in [0.717, 1.165) is 23.6 Å². The summed E-state index contributed by atoms with van der Waals surface area (Å²) in [6.45, 7) is 0. The van der Waals surface area contributed by atoms with E-state index in [0.29, 0.717) is 12.0 Å². The highest BCUT2D eigenvalue weighted by molar-refractivity contribution is 6.31. The number of benzene rings is 1. The average molecular weight is 302 g/mol. The Morgan fingerprint density at radius 1 is 1.19 bits per heavy atom. The van der Waals surface area contributed by atoms with Crippen LogP contribution in [0.15, 0.2) is 42.7 Å². The molecule has 0 saturated heterocycles. The molecule has 0 bridgehead atoms. The SMILES string of the molecule is CN(C)c1ccncc1NC1CC(c2ccccc2Cl)C1. The molecule has 0 aliphatic heterocycles. The molecule has 2 aromatic rings. The third-order valence-corrected chi connectivity index (χ3v) is 4.47. The highest BCUT2D eigenvalue weighted by Crippen LogP contribution is 2.41. The van der Waals surface area contributed by atoms with Gasteiger partial charge in [-0.1, -0.05) is 29.8 Å². The molecular weight excluding hydrogens is 282 g/mol. The maximum Gasteiger partial charge on any atom is 0.0766 e. The van der Waals surface area contributed by atoms with Crippen LogP contribution in [0, 0.1) is 0 Å². The number of halogens is 1. The summed E-state index contributed by atoms with van der Waals surface area (Å²) in [6.07, 6.45) is 5.96. The molecule has 21 heavy (non-hydrogen) atoms. The lowest BCUT2D eigenvalue weighted by Crippen LogP contribution is -2.34. The fourth-order valence-corrected chi connectivity index (χ4v) is 3.19. The molecule has 1 aliphatic carbocycles. The van der Waals surface area contributed by atoms with Gasteiger partial charge in [-0.3, -0.25) is 4.98 Å². The van der Waals surface area contributed by atoms with E-state index in [-0.39, 0.29) is 0 Å². The van der Waals surface area contributed by atoms with Gasteiger partial charge in [0.25, 0.3) is 0 Å². The fourth-order valence-electron chi connectivity index (χ4n) is 2.90. The van der Waals surface area contributed by atoms with Crippen molar-refractivity contribution in [3.8, 4) is 0 Å². The quantitative estimate of drug-likeness (QED) is 0.919. The first-order valence-corrected chi connectivity index (χ1v) is 7.65. The van der Waals surface area contributed by atoms with Gasteiger partial charge in [0.1, 0.15) is 0 Å². The highest BCUT2D eigenvalue weighted by atomic mass is 35.5. The van der Waals surface area contributed by atoms with Gasteiger partial charge in [0, 0.05) is 31.4 Å². The molecule has 1 aliphatic rings. The summed E-state index contributed by atoms with van der Waals surface area (Å²) in [5.74, 6) is 0.565. The summed E-state index contributed by atoms with van der Waals surface area (Å²) in [7, 11) is 4.10. The van der Waals surface area contributed by atoms with Gasteiger partial charge >= 0.3 is 0 Å². The maximum absolute atomic E-state index is 6.27. The van der Waals surface area contributed by atoms with Gasteiger partial charge in [0.05, 0.1) is 17.6 Å². The summed E-state index contributed by atoms with van der Waals surface area (Å²) in [5.41, 5.74) is 3.55. The van der Waals surface area contributed by atoms with Crippen molar-refractivity contribution in [1.82, 2.24) is 4.98 Å². The molecule has 1 saturated carbocycles. The van der Waals surface area contributed by atoms with Crippen LogP contribution < -0.4 is 10.2 Å². The van der Waals surface area contributed by atoms with Gasteiger partial charge in [-0.05, 0) is 36.5 Å². The van der Waals surface area contributed by atoms with E-state index < -0.39 is 0 Å². The van der Waals surface area contributed by atoms with Crippen molar-refractivity contribution in [2.24, 2.45) is 0 Å². The van der Waals surface area contributed by atoms with Crippen molar-refractivity contribution in [3.63, 3.8) is 0 Å². The topological polar surface area (TPSA) is 28.2 Å². The van der Waals surface area contributed by atoms with Crippen molar-refractivity contribution in [2.75, 3.05) is 24.3 Å². The summed E-state index contributed by atoms with van der Waals surface area (Å²) in [6, 6.07) is 10.7. The summed E-state index contributed by atoms with van der Waals surface area (Å²) in [5, 5.41) is 4.49. The Morgan fingerprint density at radius 3 is 2.67 bits per heavy atom. The Balaban J connectivity index is 1.64. The molecule has 1 fully saturated rings. The first-order chi connectivity index (χ1) is 10.1. The van der Waals surface area contributed by atoms with Crippen molar-refractivity contribution in [3.05, 3.63) is 53.3 Å². The van der Waals surface area contributed by atoms with Crippen LogP contribution in [0.3, 0.4) is 0 Å². The van der Waals surface area contributed by atoms with Crippen LogP contribution >= 0.6 is 11.6 Å². The van der Waals surface area contributed by atoms with E-state index in [2.05, 4.69) is 27.3 Å². The van der Waals surface area contributed by atoms with Crippen LogP contribution in [0.4, 0.5) is 11.4 Å². The van der Waals surface area contributed by atoms with E-state index in [9.17, 15) is 0 Å². The monoisotopic (exact) mass is 301 g/mol. The number of aromatic nitrogens is 1. The van der Waals surface area contributed by atoms with Crippen molar-refractivity contribution in [1.29, 1.82) is 0 Å². The molecule has 1 heterocycles. The molecular formula is C17H20ClN3. The minimum absolute atomic E-state index is 0.495. The Bertz CT molecular complexity index is 621. The molecule has 110 valence electrons. The number of pyridine rings is 1. The van der Waals surface area contributed by atoms with Crippen LogP contribution in [0.25, 0.3) is 0 Å². The van der Waals surface area contributed by atoms with E-state index in [1.807, 2.05) is 44.7 Å². The smallest absolute Gasteiger partial charge is 0.0766 e. The molecule has 0 amide bonds. The molecule has 0 unspecified atom stereocenters. The summed E-state index contributed by atoms with van der Waals surface area (Å²) < 4.78 is 0. The molecule has 3 rings (SSSR count). The zero-order valence-electron chi connectivity index (χ0n) is 12.4. The number of nitrogens with one attached hydrogen (secondary N) is 1. The van der Waals surface area contributed by atoms with E-state index in [1.54, 1.807) is 0 Å². The maximum atomic E-state index is 6.27. The first-order valence-electron chi connectivity index (χ1n) is 7.27. The largest absolute Gasteiger partial charge is 0.379 e. The molecule has 0 spiro atoms. The number of anilines is 2. The van der Waals surface area contributed by atoms with Gasteiger partial charge in [-0.2, -0.15) is 0 Å². The third kappa shape index (κ3) is 2.98. The van der Waals surface area contributed by atoms with Crippen LogP contribution in [0.5, 0.6) is 0 Å². The average Bonchev–Trinajstić information content (AvgIpc) is 2.44. The minimum atomic E-state index is 0.495. The van der Waals surface area contributed by atoms with Gasteiger partial charge in [-0.25, -0.2) is 0 Å². The van der Waals surface area contributed by atoms with Crippen LogP contribution in [0.2, 0.25) is 5.02 Å². The Labute approximate surface area is 131 Å². The summed E-state index contributed by atoms with van der Waals surface area (Å²) in [4.78, 5) is 6.33. The van der Waals surface area contributed by atoms with Gasteiger partial charge < -0.3 is 10.2 Å². The molecule has 3 nitrogen and oxygen atoms in total. The van der Waals surface area contributed by atoms with Crippen molar-refractivity contribution >= 4 is 23.0 Å². The van der Waals surface area contributed by atoms with E-state index in [1.165, 1.54) is 11.3 Å². The van der Waals surface area contributed by atoms with Gasteiger partial charge in [0.15, 0.2) is 0 Å². The zero-order chi connectivity index (χ0) is 14.8. The van der Waals surface area contributed by atoms with Crippen LogP contribution in [-0.2, 0) is 0 Å². The molecule has 1 aromatic heterocycles. The second kappa shape index (κ2) is 5.94. The lowest BCUT2D eigenvalue weighted by atomic mass is 9.76. The lowest BCUT2D eigenvalue weighted by Gasteiger charge is -2.37. The molecule has 1 aromatic carbocycles. The number of hydrogen-bond donors (Lipinski definition) is 1. The van der Waals surface area contributed by atoms with E-state index >= 15 is 0 Å². The predicted octanol–water partition coefficient (Wildman–Crippen LogP) is 4.16. The van der Waals surface area contributed by atoms with Crippen molar-refractivity contribution in [2.45, 2.75) is 24.8 Å². The molecule has 0 atom stereocenters. The summed E-state index contributed by atoms with van der Waals surface area (Å²) >= 11 is 6.27. The van der Waals surface area contributed by atoms with Crippen LogP contribution in [-0.4, -0.2) is 25.1 Å². The fraction of sp³-hybridized carbons (Fsp3) is 0.353. The Kier molecular flexibility index (Phi) is 4.02. The normalized spacial score (nSPS) is 20.7. The number of rotatable bonds is 4. The first kappa shape index (κ1) is 14.2. The number of nitrogens with zero attached hydrogens (tertiary/aromatic N) is 2. The second-order valence-corrected chi connectivity index (χ2v) is 6.23. The third-order valence-electron chi connectivity index (χ3n) is 4.12. The predicted molar refractivity (Wildman–Crippen MR) is 89.4 cm³/mol. The lowest BCUT2D eigenvalue weighted by molar-refractivity contribution is 0.374. The van der Waals surface area contributed by atoms with Gasteiger partial charge in [0.2, 0.25) is 0 Å². The van der Waals surface area contributed by atoms with Gasteiger partial charge in [-0.15, -0.1) is 0 Å². The molecule has 0 radical (unpaired) electrons. The standard InChI is InChI=1S/C17H20ClN3/c1-21(2)17-7-8-19-11-16(17)20-13-9-12(10-13)14-5-3-4-6-15(14)18/h3-8,11-13,20H,9-10H2,1-2H3. The second-order valence-electron chi connectivity index (χ2n) is 5.82.